The van der Waals surface area contributed by atoms with E-state index in [2.05, 4.69) is 22.8 Å². The molecule has 8 heteroatoms. The molecule has 1 fully saturated rings. The number of ether oxygens (including phenoxy) is 3. The van der Waals surface area contributed by atoms with Crippen LogP contribution in [0.1, 0.15) is 37.8 Å². The number of hydrogen-bond donors (Lipinski definition) is 3. The van der Waals surface area contributed by atoms with Crippen molar-refractivity contribution in [1.82, 2.24) is 10.6 Å². The second-order valence-corrected chi connectivity index (χ2v) is 7.52. The predicted molar refractivity (Wildman–Crippen MR) is 105 cm³/mol. The number of likely N-dealkylation sites (tertiary alicyclic amines) is 1. The molecular formula is C21H28N3O5+. The van der Waals surface area contributed by atoms with Gasteiger partial charge >= 0.3 is 12.0 Å². The van der Waals surface area contributed by atoms with E-state index in [0.717, 1.165) is 37.3 Å². The molecule has 4 rings (SSSR count). The molecule has 3 aliphatic heterocycles. The molecule has 3 N–H and O–H groups in total. The van der Waals surface area contributed by atoms with Gasteiger partial charge in [0.2, 0.25) is 0 Å². The summed E-state index contributed by atoms with van der Waals surface area (Å²) in [4.78, 5) is 25.5. The maximum absolute atomic E-state index is 12.3. The van der Waals surface area contributed by atoms with Gasteiger partial charge in [-0.3, -0.25) is 0 Å². The van der Waals surface area contributed by atoms with Gasteiger partial charge < -0.3 is 29.7 Å². The van der Waals surface area contributed by atoms with Crippen LogP contribution in [0, 0.1) is 0 Å². The number of benzene rings is 1. The van der Waals surface area contributed by atoms with Crippen LogP contribution in [0.2, 0.25) is 0 Å². The molecule has 0 aromatic heterocycles. The molecule has 0 aliphatic carbocycles. The maximum Gasteiger partial charge on any atom is 0.337 e. The Morgan fingerprint density at radius 3 is 2.90 bits per heavy atom. The molecule has 0 radical (unpaired) electrons. The van der Waals surface area contributed by atoms with Crippen LogP contribution in [0.3, 0.4) is 0 Å². The van der Waals surface area contributed by atoms with E-state index in [-0.39, 0.29) is 24.6 Å². The average molecular weight is 402 g/mol. The minimum absolute atomic E-state index is 0.196. The number of fused-ring (bicyclic) bond motifs is 1. The van der Waals surface area contributed by atoms with Crippen molar-refractivity contribution in [3.05, 3.63) is 35.0 Å². The molecule has 156 valence electrons. The molecule has 3 heterocycles. The van der Waals surface area contributed by atoms with Gasteiger partial charge in [-0.25, -0.2) is 9.59 Å². The highest BCUT2D eigenvalue weighted by atomic mass is 16.5. The van der Waals surface area contributed by atoms with Crippen LogP contribution >= 0.6 is 0 Å². The summed E-state index contributed by atoms with van der Waals surface area (Å²) in [6, 6.07) is 6.17. The number of amides is 2. The third kappa shape index (κ3) is 4.32. The first-order valence-corrected chi connectivity index (χ1v) is 10.3. The van der Waals surface area contributed by atoms with Crippen molar-refractivity contribution < 1.29 is 28.7 Å². The molecule has 1 unspecified atom stereocenters. The summed E-state index contributed by atoms with van der Waals surface area (Å²) in [5.41, 5.74) is 2.35. The van der Waals surface area contributed by atoms with Crippen LogP contribution < -0.4 is 25.0 Å². The first-order valence-electron chi connectivity index (χ1n) is 10.3. The zero-order valence-corrected chi connectivity index (χ0v) is 16.7. The summed E-state index contributed by atoms with van der Waals surface area (Å²) < 4.78 is 16.8. The number of esters is 1. The summed E-state index contributed by atoms with van der Waals surface area (Å²) in [6.45, 7) is 5.15. The third-order valence-corrected chi connectivity index (χ3v) is 5.64. The van der Waals surface area contributed by atoms with Crippen molar-refractivity contribution in [2.75, 3.05) is 39.5 Å². The number of carbonyl (C=O) groups excluding carboxylic acids is 2. The second-order valence-electron chi connectivity index (χ2n) is 7.52. The number of nitrogens with one attached hydrogen (secondary N) is 3. The van der Waals surface area contributed by atoms with Gasteiger partial charge in [-0.15, -0.1) is 0 Å². The largest absolute Gasteiger partial charge is 0.490 e. The van der Waals surface area contributed by atoms with Crippen molar-refractivity contribution in [3.63, 3.8) is 0 Å². The lowest BCUT2D eigenvalue weighted by molar-refractivity contribution is -0.914. The number of urea groups is 1. The molecule has 29 heavy (non-hydrogen) atoms. The Morgan fingerprint density at radius 2 is 2.07 bits per heavy atom. The molecular weight excluding hydrogens is 374 g/mol. The van der Waals surface area contributed by atoms with E-state index in [4.69, 9.17) is 14.2 Å². The number of carbonyl (C=O) groups is 2. The van der Waals surface area contributed by atoms with E-state index < -0.39 is 0 Å². The summed E-state index contributed by atoms with van der Waals surface area (Å²) >= 11 is 0. The van der Waals surface area contributed by atoms with Gasteiger partial charge in [0.15, 0.2) is 11.5 Å². The van der Waals surface area contributed by atoms with Gasteiger partial charge in [-0.1, -0.05) is 0 Å². The summed E-state index contributed by atoms with van der Waals surface area (Å²) in [5, 5.41) is 5.49. The first-order chi connectivity index (χ1) is 14.2. The van der Waals surface area contributed by atoms with E-state index >= 15 is 0 Å². The van der Waals surface area contributed by atoms with Gasteiger partial charge in [0.25, 0.3) is 0 Å². The molecule has 1 saturated heterocycles. The number of hydrogen-bond acceptors (Lipinski definition) is 5. The quantitative estimate of drug-likeness (QED) is 0.631. The molecule has 3 aliphatic rings. The third-order valence-electron chi connectivity index (χ3n) is 5.64. The number of rotatable bonds is 5. The molecule has 0 bridgehead atoms. The molecule has 1 aromatic carbocycles. The zero-order chi connectivity index (χ0) is 20.2. The van der Waals surface area contributed by atoms with Gasteiger partial charge in [0, 0.05) is 24.8 Å². The average Bonchev–Trinajstić information content (AvgIpc) is 3.03. The van der Waals surface area contributed by atoms with Crippen molar-refractivity contribution in [1.29, 1.82) is 0 Å². The Morgan fingerprint density at radius 1 is 1.24 bits per heavy atom. The zero-order valence-electron chi connectivity index (χ0n) is 16.7. The van der Waals surface area contributed by atoms with Crippen LogP contribution in [0.4, 0.5) is 4.79 Å². The highest BCUT2D eigenvalue weighted by Crippen LogP contribution is 2.33. The molecule has 2 amide bonds. The van der Waals surface area contributed by atoms with Gasteiger partial charge in [-0.2, -0.15) is 0 Å². The van der Waals surface area contributed by atoms with E-state index in [1.807, 2.05) is 6.07 Å². The Bertz CT molecular complexity index is 823. The van der Waals surface area contributed by atoms with E-state index in [1.54, 1.807) is 6.92 Å². The summed E-state index contributed by atoms with van der Waals surface area (Å²) in [6.07, 6.45) is 3.01. The van der Waals surface area contributed by atoms with Crippen molar-refractivity contribution in [2.45, 2.75) is 32.2 Å². The Labute approximate surface area is 170 Å². The van der Waals surface area contributed by atoms with Crippen molar-refractivity contribution >= 4 is 12.0 Å². The number of quaternary nitrogens is 1. The van der Waals surface area contributed by atoms with Crippen LogP contribution in [-0.4, -0.2) is 51.5 Å². The van der Waals surface area contributed by atoms with Crippen LogP contribution in [0.15, 0.2) is 29.5 Å². The lowest BCUT2D eigenvalue weighted by Gasteiger charge is -2.27. The maximum atomic E-state index is 12.3. The Hall–Kier alpha value is -2.74. The molecule has 0 saturated carbocycles. The van der Waals surface area contributed by atoms with E-state index in [9.17, 15) is 9.59 Å². The standard InChI is InChI=1S/C21H27N3O5/c1-2-27-20(25)15-12-22-21(26)23-16(15)13-24-8-3-5-17(24)14-6-7-18-19(11-14)29-10-4-9-28-18/h6-7,11,17H,2-5,8-10,12-13H2,1H3,(H2,22,23,26)/p+1/t17-/m0/s1. The fourth-order valence-electron chi connectivity index (χ4n) is 4.25. The monoisotopic (exact) mass is 402 g/mol. The minimum atomic E-state index is -0.374. The van der Waals surface area contributed by atoms with Crippen LogP contribution in [-0.2, 0) is 9.53 Å². The normalized spacial score (nSPS) is 23.8. The van der Waals surface area contributed by atoms with Gasteiger partial charge in [0.05, 0.1) is 44.2 Å². The fraction of sp³-hybridized carbons (Fsp3) is 0.524. The molecule has 0 spiro atoms. The Balaban J connectivity index is 1.55. The lowest BCUT2D eigenvalue weighted by Crippen LogP contribution is -3.10. The summed E-state index contributed by atoms with van der Waals surface area (Å²) in [7, 11) is 0. The fourth-order valence-corrected chi connectivity index (χ4v) is 4.25. The topological polar surface area (TPSA) is 90.3 Å². The smallest absolute Gasteiger partial charge is 0.337 e. The van der Waals surface area contributed by atoms with Crippen molar-refractivity contribution in [3.8, 4) is 11.5 Å². The SMILES string of the molecule is CCOC(=O)C1=C(C[NH+]2CCC[C@H]2c2ccc3c(c2)OCCCO3)NC(=O)NC1. The minimum Gasteiger partial charge on any atom is -0.490 e. The molecule has 2 atom stereocenters. The van der Waals surface area contributed by atoms with Crippen LogP contribution in [0.25, 0.3) is 0 Å². The van der Waals surface area contributed by atoms with Gasteiger partial charge in [-0.05, 0) is 25.1 Å². The first kappa shape index (κ1) is 19.6. The van der Waals surface area contributed by atoms with Crippen molar-refractivity contribution in [2.24, 2.45) is 0 Å². The Kier molecular flexibility index (Phi) is 5.89. The predicted octanol–water partition coefficient (Wildman–Crippen LogP) is 0.698. The van der Waals surface area contributed by atoms with E-state index in [0.29, 0.717) is 37.6 Å². The highest BCUT2D eigenvalue weighted by molar-refractivity contribution is 5.93. The second kappa shape index (κ2) is 8.73. The van der Waals surface area contributed by atoms with E-state index in [1.165, 1.54) is 10.5 Å². The van der Waals surface area contributed by atoms with Gasteiger partial charge in [0.1, 0.15) is 12.6 Å². The van der Waals surface area contributed by atoms with Crippen LogP contribution in [0.5, 0.6) is 11.5 Å². The lowest BCUT2D eigenvalue weighted by atomic mass is 10.0. The summed E-state index contributed by atoms with van der Waals surface area (Å²) in [5.74, 6) is 1.22. The molecule has 8 nitrogen and oxygen atoms in total. The molecule has 1 aromatic rings. The highest BCUT2D eigenvalue weighted by Gasteiger charge is 2.34.